The predicted octanol–water partition coefficient (Wildman–Crippen LogP) is 2.02. The fraction of sp³-hybridized carbons (Fsp3) is 0.0625. The first kappa shape index (κ1) is 15.3. The molecule has 0 spiro atoms. The molecule has 3 aromatic rings. The van der Waals surface area contributed by atoms with Crippen molar-refractivity contribution in [2.75, 3.05) is 0 Å². The Balaban J connectivity index is 1.77. The van der Waals surface area contributed by atoms with E-state index in [1.54, 1.807) is 30.7 Å². The maximum atomic E-state index is 12.2. The zero-order chi connectivity index (χ0) is 16.1. The molecule has 116 valence electrons. The zero-order valence-corrected chi connectivity index (χ0v) is 12.9. The molecule has 1 N–H and O–H groups in total. The van der Waals surface area contributed by atoms with Gasteiger partial charge in [0, 0.05) is 43.1 Å². The SMILES string of the molecule is O=S(=O)(NCc1ccnc(-c2ccncc2)c1)c1cccnc1. The number of rotatable bonds is 5. The van der Waals surface area contributed by atoms with Gasteiger partial charge < -0.3 is 0 Å². The molecule has 0 atom stereocenters. The summed E-state index contributed by atoms with van der Waals surface area (Å²) < 4.78 is 26.9. The van der Waals surface area contributed by atoms with Crippen LogP contribution in [0.4, 0.5) is 0 Å². The van der Waals surface area contributed by atoms with Crippen LogP contribution in [0.15, 0.2) is 72.3 Å². The number of sulfonamides is 1. The molecular formula is C16H14N4O2S. The molecule has 0 aliphatic carbocycles. The number of aromatic nitrogens is 3. The van der Waals surface area contributed by atoms with Gasteiger partial charge in [-0.1, -0.05) is 0 Å². The van der Waals surface area contributed by atoms with Crippen molar-refractivity contribution in [3.05, 3.63) is 72.9 Å². The molecule has 0 aliphatic heterocycles. The van der Waals surface area contributed by atoms with Crippen LogP contribution in [0, 0.1) is 0 Å². The Labute approximate surface area is 134 Å². The average Bonchev–Trinajstić information content (AvgIpc) is 2.62. The van der Waals surface area contributed by atoms with Gasteiger partial charge in [-0.15, -0.1) is 0 Å². The molecule has 3 aromatic heterocycles. The second kappa shape index (κ2) is 6.64. The Morgan fingerprint density at radius 2 is 1.78 bits per heavy atom. The van der Waals surface area contributed by atoms with E-state index in [4.69, 9.17) is 0 Å². The number of hydrogen-bond donors (Lipinski definition) is 1. The van der Waals surface area contributed by atoms with Gasteiger partial charge in [-0.3, -0.25) is 15.0 Å². The second-order valence-electron chi connectivity index (χ2n) is 4.80. The molecule has 0 radical (unpaired) electrons. The van der Waals surface area contributed by atoms with E-state index in [1.165, 1.54) is 18.5 Å². The van der Waals surface area contributed by atoms with E-state index < -0.39 is 10.0 Å². The lowest BCUT2D eigenvalue weighted by molar-refractivity contribution is 0.581. The van der Waals surface area contributed by atoms with Crippen LogP contribution in [0.3, 0.4) is 0 Å². The van der Waals surface area contributed by atoms with Crippen molar-refractivity contribution >= 4 is 10.0 Å². The molecule has 0 unspecified atom stereocenters. The highest BCUT2D eigenvalue weighted by atomic mass is 32.2. The van der Waals surface area contributed by atoms with Crippen LogP contribution in [0.1, 0.15) is 5.56 Å². The summed E-state index contributed by atoms with van der Waals surface area (Å²) >= 11 is 0. The van der Waals surface area contributed by atoms with E-state index >= 15 is 0 Å². The van der Waals surface area contributed by atoms with Gasteiger partial charge in [0.15, 0.2) is 0 Å². The van der Waals surface area contributed by atoms with Crippen molar-refractivity contribution in [1.82, 2.24) is 19.7 Å². The summed E-state index contributed by atoms with van der Waals surface area (Å²) in [5, 5.41) is 0. The third-order valence-corrected chi connectivity index (χ3v) is 4.60. The van der Waals surface area contributed by atoms with Crippen molar-refractivity contribution in [2.45, 2.75) is 11.4 Å². The lowest BCUT2D eigenvalue weighted by Crippen LogP contribution is -2.23. The number of hydrogen-bond acceptors (Lipinski definition) is 5. The molecule has 7 heteroatoms. The molecule has 6 nitrogen and oxygen atoms in total. The molecule has 0 amide bonds. The molecular weight excluding hydrogens is 312 g/mol. The average molecular weight is 326 g/mol. The standard InChI is InChI=1S/C16H14N4O2S/c21-23(22,15-2-1-6-18-12-15)20-11-13-3-9-19-16(10-13)14-4-7-17-8-5-14/h1-10,12,20H,11H2. The first-order chi connectivity index (χ1) is 11.1. The summed E-state index contributed by atoms with van der Waals surface area (Å²) in [6.07, 6.45) is 7.88. The van der Waals surface area contributed by atoms with Gasteiger partial charge in [-0.25, -0.2) is 13.1 Å². The van der Waals surface area contributed by atoms with E-state index in [1.807, 2.05) is 18.2 Å². The van der Waals surface area contributed by atoms with Crippen molar-refractivity contribution in [3.8, 4) is 11.3 Å². The third-order valence-electron chi connectivity index (χ3n) is 3.21. The maximum Gasteiger partial charge on any atom is 0.242 e. The minimum Gasteiger partial charge on any atom is -0.265 e. The van der Waals surface area contributed by atoms with Crippen LogP contribution in [-0.4, -0.2) is 23.4 Å². The summed E-state index contributed by atoms with van der Waals surface area (Å²) in [7, 11) is -3.58. The predicted molar refractivity (Wildman–Crippen MR) is 85.7 cm³/mol. The molecule has 0 fully saturated rings. The first-order valence-corrected chi connectivity index (χ1v) is 8.38. The Morgan fingerprint density at radius 1 is 0.957 bits per heavy atom. The van der Waals surface area contributed by atoms with Gasteiger partial charge in [0.05, 0.1) is 5.69 Å². The van der Waals surface area contributed by atoms with Crippen molar-refractivity contribution in [3.63, 3.8) is 0 Å². The smallest absolute Gasteiger partial charge is 0.242 e. The van der Waals surface area contributed by atoms with Crippen molar-refractivity contribution < 1.29 is 8.42 Å². The highest BCUT2D eigenvalue weighted by Crippen LogP contribution is 2.17. The van der Waals surface area contributed by atoms with Crippen molar-refractivity contribution in [2.24, 2.45) is 0 Å². The highest BCUT2D eigenvalue weighted by molar-refractivity contribution is 7.89. The van der Waals surface area contributed by atoms with Gasteiger partial charge in [-0.05, 0) is 42.0 Å². The van der Waals surface area contributed by atoms with Crippen LogP contribution >= 0.6 is 0 Å². The fourth-order valence-electron chi connectivity index (χ4n) is 2.03. The molecule has 0 aromatic carbocycles. The topological polar surface area (TPSA) is 84.8 Å². The van der Waals surface area contributed by atoms with Gasteiger partial charge in [0.25, 0.3) is 0 Å². The van der Waals surface area contributed by atoms with Gasteiger partial charge >= 0.3 is 0 Å². The number of pyridine rings is 3. The Morgan fingerprint density at radius 3 is 2.52 bits per heavy atom. The first-order valence-electron chi connectivity index (χ1n) is 6.90. The summed E-state index contributed by atoms with van der Waals surface area (Å²) in [6, 6.07) is 10.4. The number of nitrogens with zero attached hydrogens (tertiary/aromatic N) is 3. The monoisotopic (exact) mass is 326 g/mol. The van der Waals surface area contributed by atoms with Crippen LogP contribution in [0.5, 0.6) is 0 Å². The quantitative estimate of drug-likeness (QED) is 0.775. The zero-order valence-electron chi connectivity index (χ0n) is 12.1. The third kappa shape index (κ3) is 3.77. The molecule has 0 saturated carbocycles. The Kier molecular flexibility index (Phi) is 4.40. The lowest BCUT2D eigenvalue weighted by Gasteiger charge is -2.07. The van der Waals surface area contributed by atoms with E-state index in [2.05, 4.69) is 19.7 Å². The largest absolute Gasteiger partial charge is 0.265 e. The second-order valence-corrected chi connectivity index (χ2v) is 6.57. The summed E-state index contributed by atoms with van der Waals surface area (Å²) in [4.78, 5) is 12.2. The Hall–Kier alpha value is -2.64. The molecule has 3 rings (SSSR count). The van der Waals surface area contributed by atoms with E-state index in [0.717, 1.165) is 16.8 Å². The van der Waals surface area contributed by atoms with Crippen LogP contribution < -0.4 is 4.72 Å². The van der Waals surface area contributed by atoms with Gasteiger partial charge in [0.1, 0.15) is 4.90 Å². The molecule has 0 aliphatic rings. The van der Waals surface area contributed by atoms with E-state index in [-0.39, 0.29) is 11.4 Å². The summed E-state index contributed by atoms with van der Waals surface area (Å²) in [5.74, 6) is 0. The molecule has 0 saturated heterocycles. The molecule has 23 heavy (non-hydrogen) atoms. The van der Waals surface area contributed by atoms with Crippen LogP contribution in [0.25, 0.3) is 11.3 Å². The minimum absolute atomic E-state index is 0.142. The minimum atomic E-state index is -3.58. The number of nitrogens with one attached hydrogen (secondary N) is 1. The van der Waals surface area contributed by atoms with E-state index in [0.29, 0.717) is 0 Å². The van der Waals surface area contributed by atoms with E-state index in [9.17, 15) is 8.42 Å². The van der Waals surface area contributed by atoms with Crippen LogP contribution in [0.2, 0.25) is 0 Å². The molecule has 0 bridgehead atoms. The summed E-state index contributed by atoms with van der Waals surface area (Å²) in [6.45, 7) is 0.178. The normalized spacial score (nSPS) is 11.3. The highest BCUT2D eigenvalue weighted by Gasteiger charge is 2.13. The molecule has 3 heterocycles. The van der Waals surface area contributed by atoms with Gasteiger partial charge in [0.2, 0.25) is 10.0 Å². The van der Waals surface area contributed by atoms with Crippen LogP contribution in [-0.2, 0) is 16.6 Å². The van der Waals surface area contributed by atoms with Gasteiger partial charge in [-0.2, -0.15) is 0 Å². The fourth-order valence-corrected chi connectivity index (χ4v) is 3.01. The Bertz CT molecular complexity index is 884. The lowest BCUT2D eigenvalue weighted by atomic mass is 10.1. The maximum absolute atomic E-state index is 12.2. The summed E-state index contributed by atoms with van der Waals surface area (Å²) in [5.41, 5.74) is 2.52. The van der Waals surface area contributed by atoms with Crippen molar-refractivity contribution in [1.29, 1.82) is 0 Å².